The number of hydrogen-bond donors (Lipinski definition) is 1. The smallest absolute Gasteiger partial charge is 0.332 e. The van der Waals surface area contributed by atoms with Gasteiger partial charge in [0, 0.05) is 11.4 Å². The van der Waals surface area contributed by atoms with Crippen LogP contribution in [0.5, 0.6) is 0 Å². The summed E-state index contributed by atoms with van der Waals surface area (Å²) >= 11 is 0. The molecule has 1 saturated heterocycles. The molecule has 2 atom stereocenters. The van der Waals surface area contributed by atoms with E-state index in [9.17, 15) is 9.90 Å². The van der Waals surface area contributed by atoms with Gasteiger partial charge in [-0.1, -0.05) is 56.3 Å². The van der Waals surface area contributed by atoms with E-state index in [1.54, 1.807) is 29.2 Å². The summed E-state index contributed by atoms with van der Waals surface area (Å²) in [7, 11) is 0. The number of benzene rings is 3. The van der Waals surface area contributed by atoms with Crippen molar-refractivity contribution in [1.29, 1.82) is 0 Å². The topological polar surface area (TPSA) is 48.1 Å². The molecule has 32 heavy (non-hydrogen) atoms. The van der Waals surface area contributed by atoms with Gasteiger partial charge in [0.25, 0.3) is 0 Å². The van der Waals surface area contributed by atoms with Crippen molar-refractivity contribution in [2.75, 3.05) is 9.80 Å². The summed E-state index contributed by atoms with van der Waals surface area (Å²) in [6, 6.07) is 21.5. The number of rotatable bonds is 5. The molecule has 3 aromatic rings. The van der Waals surface area contributed by atoms with Crippen LogP contribution in [0.4, 0.5) is 21.9 Å². The van der Waals surface area contributed by atoms with E-state index in [4.69, 9.17) is 6.57 Å². The molecule has 0 spiro atoms. The number of aryl methyl sites for hydroxylation is 2. The number of anilines is 2. The first kappa shape index (κ1) is 21.6. The summed E-state index contributed by atoms with van der Waals surface area (Å²) in [5, 5.41) is 12.2. The maximum absolute atomic E-state index is 13.8. The van der Waals surface area contributed by atoms with E-state index >= 15 is 0 Å². The molecule has 5 heteroatoms. The third-order valence-electron chi connectivity index (χ3n) is 6.33. The van der Waals surface area contributed by atoms with E-state index < -0.39 is 11.8 Å². The minimum Gasteiger partial charge on any atom is -0.365 e. The highest BCUT2D eigenvalue weighted by atomic mass is 16.3. The zero-order valence-electron chi connectivity index (χ0n) is 18.6. The second-order valence-electron chi connectivity index (χ2n) is 8.09. The molecule has 1 aliphatic heterocycles. The minimum atomic E-state index is -1.64. The fourth-order valence-corrected chi connectivity index (χ4v) is 4.37. The first-order chi connectivity index (χ1) is 15.4. The predicted octanol–water partition coefficient (Wildman–Crippen LogP) is 6.04. The van der Waals surface area contributed by atoms with Gasteiger partial charge < -0.3 is 5.11 Å². The van der Waals surface area contributed by atoms with Gasteiger partial charge >= 0.3 is 6.03 Å². The van der Waals surface area contributed by atoms with Crippen LogP contribution in [0.25, 0.3) is 4.85 Å². The van der Waals surface area contributed by atoms with Crippen molar-refractivity contribution in [2.24, 2.45) is 0 Å². The third-order valence-corrected chi connectivity index (χ3v) is 6.33. The SMILES string of the molecule is [C-]#[N+]c1cccc(C2(O)[C@H](C)N(c3ccc(CC)cc3)C(=O)N2c2ccc(CC)cc2)c1. The van der Waals surface area contributed by atoms with Crippen LogP contribution < -0.4 is 9.80 Å². The highest BCUT2D eigenvalue weighted by Gasteiger charge is 2.56. The van der Waals surface area contributed by atoms with Crippen molar-refractivity contribution >= 4 is 23.1 Å². The standard InChI is InChI=1S/C27H27N3O2/c1-5-20-10-14-24(15-11-20)29-19(3)27(32,22-8-7-9-23(18-22)28-4)30(26(29)31)25-16-12-21(6-2)13-17-25/h7-19,32H,5-6H2,1-3H3/t19-,27?/m0/s1. The van der Waals surface area contributed by atoms with Crippen LogP contribution in [0.3, 0.4) is 0 Å². The summed E-state index contributed by atoms with van der Waals surface area (Å²) in [6.45, 7) is 13.4. The molecule has 2 amide bonds. The van der Waals surface area contributed by atoms with E-state index in [0.717, 1.165) is 24.1 Å². The van der Waals surface area contributed by atoms with Crippen LogP contribution in [0.1, 0.15) is 37.5 Å². The van der Waals surface area contributed by atoms with Crippen LogP contribution in [0, 0.1) is 6.57 Å². The zero-order chi connectivity index (χ0) is 22.9. The lowest BCUT2D eigenvalue weighted by molar-refractivity contribution is 0.0373. The molecule has 1 N–H and O–H groups in total. The molecule has 0 radical (unpaired) electrons. The summed E-state index contributed by atoms with van der Waals surface area (Å²) in [5.74, 6) is 0. The van der Waals surface area contributed by atoms with E-state index in [-0.39, 0.29) is 6.03 Å². The molecule has 3 aromatic carbocycles. The van der Waals surface area contributed by atoms with Gasteiger partial charge in [0.2, 0.25) is 0 Å². The Morgan fingerprint density at radius 1 is 0.938 bits per heavy atom. The number of hydrogen-bond acceptors (Lipinski definition) is 2. The van der Waals surface area contributed by atoms with E-state index in [1.807, 2.05) is 55.5 Å². The van der Waals surface area contributed by atoms with Gasteiger partial charge in [-0.25, -0.2) is 9.64 Å². The second kappa shape index (κ2) is 8.49. The normalized spacial score (nSPS) is 20.5. The number of nitrogens with zero attached hydrogens (tertiary/aromatic N) is 3. The Balaban J connectivity index is 1.88. The summed E-state index contributed by atoms with van der Waals surface area (Å²) in [4.78, 5) is 20.4. The molecule has 1 fully saturated rings. The Labute approximate surface area is 189 Å². The second-order valence-corrected chi connectivity index (χ2v) is 8.09. The average molecular weight is 426 g/mol. The molecule has 0 bridgehead atoms. The molecule has 5 nitrogen and oxygen atoms in total. The Kier molecular flexibility index (Phi) is 5.73. The Hall–Kier alpha value is -3.62. The third kappa shape index (κ3) is 3.43. The van der Waals surface area contributed by atoms with Gasteiger partial charge in [0.05, 0.1) is 12.6 Å². The quantitative estimate of drug-likeness (QED) is 0.507. The highest BCUT2D eigenvalue weighted by Crippen LogP contribution is 2.45. The van der Waals surface area contributed by atoms with Crippen molar-refractivity contribution in [1.82, 2.24) is 0 Å². The van der Waals surface area contributed by atoms with Crippen LogP contribution in [-0.2, 0) is 18.6 Å². The lowest BCUT2D eigenvalue weighted by Crippen LogP contribution is -2.48. The van der Waals surface area contributed by atoms with Gasteiger partial charge in [-0.2, -0.15) is 0 Å². The van der Waals surface area contributed by atoms with Crippen LogP contribution in [-0.4, -0.2) is 17.2 Å². The summed E-state index contributed by atoms with van der Waals surface area (Å²) in [5.41, 5.74) is 2.96. The van der Waals surface area contributed by atoms with Crippen LogP contribution in [0.15, 0.2) is 72.8 Å². The molecule has 0 saturated carbocycles. The van der Waals surface area contributed by atoms with E-state index in [1.165, 1.54) is 10.5 Å². The van der Waals surface area contributed by atoms with E-state index in [0.29, 0.717) is 16.9 Å². The predicted molar refractivity (Wildman–Crippen MR) is 128 cm³/mol. The monoisotopic (exact) mass is 425 g/mol. The van der Waals surface area contributed by atoms with Crippen molar-refractivity contribution in [3.05, 3.63) is 101 Å². The molecule has 0 aromatic heterocycles. The number of carbonyl (C=O) groups excluding carboxylic acids is 1. The lowest BCUT2D eigenvalue weighted by Gasteiger charge is -2.36. The van der Waals surface area contributed by atoms with Crippen LogP contribution >= 0.6 is 0 Å². The maximum Gasteiger partial charge on any atom is 0.332 e. The van der Waals surface area contributed by atoms with Crippen molar-refractivity contribution in [3.8, 4) is 0 Å². The number of aliphatic hydroxyl groups is 1. The fraction of sp³-hybridized carbons (Fsp3) is 0.259. The van der Waals surface area contributed by atoms with Gasteiger partial charge in [-0.3, -0.25) is 9.80 Å². The Bertz CT molecular complexity index is 1160. The maximum atomic E-state index is 13.8. The van der Waals surface area contributed by atoms with Crippen molar-refractivity contribution in [3.63, 3.8) is 0 Å². The van der Waals surface area contributed by atoms with Crippen molar-refractivity contribution in [2.45, 2.75) is 45.4 Å². The Morgan fingerprint density at radius 2 is 1.50 bits per heavy atom. The number of urea groups is 1. The molecule has 1 heterocycles. The first-order valence-electron chi connectivity index (χ1n) is 11.0. The minimum absolute atomic E-state index is 0.304. The number of amides is 2. The molecular weight excluding hydrogens is 398 g/mol. The van der Waals surface area contributed by atoms with Gasteiger partial charge in [-0.05, 0) is 66.8 Å². The molecule has 1 aliphatic rings. The van der Waals surface area contributed by atoms with Gasteiger partial charge in [0.15, 0.2) is 11.4 Å². The Morgan fingerprint density at radius 3 is 2.03 bits per heavy atom. The van der Waals surface area contributed by atoms with Gasteiger partial charge in [-0.15, -0.1) is 0 Å². The molecular formula is C27H27N3O2. The highest BCUT2D eigenvalue weighted by molar-refractivity contribution is 6.08. The van der Waals surface area contributed by atoms with Crippen LogP contribution in [0.2, 0.25) is 0 Å². The average Bonchev–Trinajstić information content (AvgIpc) is 3.05. The molecule has 0 aliphatic carbocycles. The van der Waals surface area contributed by atoms with Gasteiger partial charge in [0.1, 0.15) is 0 Å². The summed E-state index contributed by atoms with van der Waals surface area (Å²) in [6.07, 6.45) is 1.80. The lowest BCUT2D eigenvalue weighted by atomic mass is 9.94. The fourth-order valence-electron chi connectivity index (χ4n) is 4.37. The largest absolute Gasteiger partial charge is 0.365 e. The van der Waals surface area contributed by atoms with E-state index in [2.05, 4.69) is 18.7 Å². The number of carbonyl (C=O) groups is 1. The molecule has 1 unspecified atom stereocenters. The molecule has 162 valence electrons. The van der Waals surface area contributed by atoms with Crippen molar-refractivity contribution < 1.29 is 9.90 Å². The first-order valence-corrected chi connectivity index (χ1v) is 11.0. The summed E-state index contributed by atoms with van der Waals surface area (Å²) < 4.78 is 0. The molecule has 4 rings (SSSR count). The zero-order valence-corrected chi connectivity index (χ0v) is 18.6.